The SMILES string of the molecule is CC1CC2(N)CCCC3CC(S)CC1(S)C32. The Morgan fingerprint density at radius 2 is 2.06 bits per heavy atom. The third-order valence-electron chi connectivity index (χ3n) is 5.52. The van der Waals surface area contributed by atoms with Gasteiger partial charge in [-0.05, 0) is 49.9 Å². The van der Waals surface area contributed by atoms with Gasteiger partial charge in [0, 0.05) is 15.5 Å². The van der Waals surface area contributed by atoms with Gasteiger partial charge in [0.05, 0.1) is 0 Å². The third-order valence-corrected chi connectivity index (χ3v) is 6.82. The summed E-state index contributed by atoms with van der Waals surface area (Å²) in [5, 5.41) is 0.543. The highest BCUT2D eigenvalue weighted by Gasteiger charge is 2.62. The van der Waals surface area contributed by atoms with Gasteiger partial charge in [-0.1, -0.05) is 13.3 Å². The van der Waals surface area contributed by atoms with Gasteiger partial charge in [0.1, 0.15) is 0 Å². The molecule has 0 spiro atoms. The van der Waals surface area contributed by atoms with Gasteiger partial charge < -0.3 is 5.73 Å². The second-order valence-corrected chi connectivity index (χ2v) is 8.12. The summed E-state index contributed by atoms with van der Waals surface area (Å²) in [6.07, 6.45) is 7.49. The molecule has 0 saturated heterocycles. The van der Waals surface area contributed by atoms with Crippen molar-refractivity contribution >= 4 is 25.3 Å². The van der Waals surface area contributed by atoms with Gasteiger partial charge in [0.25, 0.3) is 0 Å². The molecule has 0 radical (unpaired) electrons. The van der Waals surface area contributed by atoms with E-state index in [9.17, 15) is 0 Å². The minimum absolute atomic E-state index is 0.0952. The molecule has 3 fully saturated rings. The number of thiol groups is 2. The van der Waals surface area contributed by atoms with Gasteiger partial charge in [0.2, 0.25) is 0 Å². The number of hydrogen-bond donors (Lipinski definition) is 3. The van der Waals surface area contributed by atoms with E-state index >= 15 is 0 Å². The Kier molecular flexibility index (Phi) is 2.63. The van der Waals surface area contributed by atoms with E-state index in [0.29, 0.717) is 17.1 Å². The van der Waals surface area contributed by atoms with Crippen LogP contribution in [0.1, 0.15) is 45.4 Å². The molecule has 0 aromatic heterocycles. The molecule has 6 atom stereocenters. The molecule has 0 aromatic carbocycles. The predicted molar refractivity (Wildman–Crippen MR) is 75.3 cm³/mol. The molecule has 3 saturated carbocycles. The standard InChI is InChI=1S/C13H23NS2/c1-8-6-12(14)4-2-3-9-5-10(15)7-13(8,16)11(9)12/h8-11,15-16H,2-7,14H2,1H3. The molecule has 0 aromatic rings. The zero-order valence-corrected chi connectivity index (χ0v) is 11.8. The molecular formula is C13H23NS2. The van der Waals surface area contributed by atoms with Crippen LogP contribution in [0.5, 0.6) is 0 Å². The van der Waals surface area contributed by atoms with E-state index in [0.717, 1.165) is 12.3 Å². The minimum Gasteiger partial charge on any atom is -0.325 e. The van der Waals surface area contributed by atoms with Crippen LogP contribution in [0.15, 0.2) is 0 Å². The summed E-state index contributed by atoms with van der Waals surface area (Å²) in [6, 6.07) is 0. The summed E-state index contributed by atoms with van der Waals surface area (Å²) >= 11 is 9.84. The Labute approximate surface area is 110 Å². The maximum Gasteiger partial charge on any atom is 0.0214 e. The lowest BCUT2D eigenvalue weighted by Crippen LogP contribution is -2.57. The normalized spacial score (nSPS) is 60.8. The molecular weight excluding hydrogens is 234 g/mol. The van der Waals surface area contributed by atoms with Crippen LogP contribution in [0.25, 0.3) is 0 Å². The Hall–Kier alpha value is 0.660. The van der Waals surface area contributed by atoms with Crippen molar-refractivity contribution in [1.29, 1.82) is 0 Å². The summed E-state index contributed by atoms with van der Waals surface area (Å²) in [6.45, 7) is 2.35. The summed E-state index contributed by atoms with van der Waals surface area (Å²) in [7, 11) is 0. The topological polar surface area (TPSA) is 26.0 Å². The first-order valence-corrected chi connectivity index (χ1v) is 7.61. The molecule has 0 amide bonds. The molecule has 6 unspecified atom stereocenters. The van der Waals surface area contributed by atoms with Crippen LogP contribution >= 0.6 is 25.3 Å². The van der Waals surface area contributed by atoms with Gasteiger partial charge in [-0.15, -0.1) is 0 Å². The summed E-state index contributed by atoms with van der Waals surface area (Å²) in [5.74, 6) is 2.09. The zero-order valence-electron chi connectivity index (χ0n) is 10.0. The Balaban J connectivity index is 2.02. The monoisotopic (exact) mass is 257 g/mol. The van der Waals surface area contributed by atoms with Crippen molar-refractivity contribution in [1.82, 2.24) is 0 Å². The zero-order chi connectivity index (χ0) is 11.6. The van der Waals surface area contributed by atoms with Crippen molar-refractivity contribution < 1.29 is 0 Å². The lowest BCUT2D eigenvalue weighted by Gasteiger charge is -2.52. The lowest BCUT2D eigenvalue weighted by atomic mass is 9.61. The Morgan fingerprint density at radius 3 is 2.81 bits per heavy atom. The van der Waals surface area contributed by atoms with Gasteiger partial charge in [-0.25, -0.2) is 0 Å². The Bertz CT molecular complexity index is 308. The molecule has 3 aliphatic carbocycles. The molecule has 0 aliphatic heterocycles. The van der Waals surface area contributed by atoms with E-state index in [1.54, 1.807) is 0 Å². The number of rotatable bonds is 0. The summed E-state index contributed by atoms with van der Waals surface area (Å²) < 4.78 is 0.171. The highest BCUT2D eigenvalue weighted by Crippen LogP contribution is 2.62. The first-order chi connectivity index (χ1) is 7.46. The molecule has 0 heterocycles. The smallest absolute Gasteiger partial charge is 0.0214 e. The van der Waals surface area contributed by atoms with Crippen LogP contribution in [0.4, 0.5) is 0 Å². The van der Waals surface area contributed by atoms with Gasteiger partial charge in [-0.2, -0.15) is 25.3 Å². The first kappa shape index (κ1) is 11.7. The molecule has 2 N–H and O–H groups in total. The molecule has 16 heavy (non-hydrogen) atoms. The second kappa shape index (κ2) is 3.58. The largest absolute Gasteiger partial charge is 0.325 e. The fourth-order valence-corrected chi connectivity index (χ4v) is 6.56. The molecule has 3 rings (SSSR count). The Morgan fingerprint density at radius 1 is 1.31 bits per heavy atom. The highest BCUT2D eigenvalue weighted by molar-refractivity contribution is 7.82. The fourth-order valence-electron chi connectivity index (χ4n) is 5.07. The number of hydrogen-bond acceptors (Lipinski definition) is 3. The van der Waals surface area contributed by atoms with Crippen molar-refractivity contribution in [3.63, 3.8) is 0 Å². The van der Waals surface area contributed by atoms with Crippen LogP contribution in [0.3, 0.4) is 0 Å². The molecule has 3 heteroatoms. The van der Waals surface area contributed by atoms with Crippen molar-refractivity contribution in [3.8, 4) is 0 Å². The minimum atomic E-state index is 0.0952. The van der Waals surface area contributed by atoms with E-state index in [-0.39, 0.29) is 10.3 Å². The third kappa shape index (κ3) is 1.44. The van der Waals surface area contributed by atoms with Crippen molar-refractivity contribution in [2.24, 2.45) is 23.5 Å². The van der Waals surface area contributed by atoms with Gasteiger partial charge in [-0.3, -0.25) is 0 Å². The van der Waals surface area contributed by atoms with Crippen molar-refractivity contribution in [2.75, 3.05) is 0 Å². The van der Waals surface area contributed by atoms with Crippen LogP contribution in [0.2, 0.25) is 0 Å². The quantitative estimate of drug-likeness (QED) is 0.572. The molecule has 1 nitrogen and oxygen atoms in total. The van der Waals surface area contributed by atoms with Crippen LogP contribution in [0, 0.1) is 17.8 Å². The summed E-state index contributed by atoms with van der Waals surface area (Å²) in [5.41, 5.74) is 6.80. The van der Waals surface area contributed by atoms with Crippen molar-refractivity contribution in [3.05, 3.63) is 0 Å². The maximum atomic E-state index is 6.70. The molecule has 0 bridgehead atoms. The van der Waals surface area contributed by atoms with Crippen LogP contribution in [-0.2, 0) is 0 Å². The van der Waals surface area contributed by atoms with E-state index in [2.05, 4.69) is 6.92 Å². The van der Waals surface area contributed by atoms with E-state index < -0.39 is 0 Å². The average Bonchev–Trinajstić information content (AvgIpc) is 2.34. The summed E-state index contributed by atoms with van der Waals surface area (Å²) in [4.78, 5) is 0. The number of nitrogens with two attached hydrogens (primary N) is 1. The van der Waals surface area contributed by atoms with E-state index in [4.69, 9.17) is 31.0 Å². The first-order valence-electron chi connectivity index (χ1n) is 6.65. The average molecular weight is 257 g/mol. The highest BCUT2D eigenvalue weighted by atomic mass is 32.1. The fraction of sp³-hybridized carbons (Fsp3) is 1.00. The lowest BCUT2D eigenvalue weighted by molar-refractivity contribution is 0.0899. The van der Waals surface area contributed by atoms with Crippen LogP contribution in [-0.4, -0.2) is 15.5 Å². The molecule has 92 valence electrons. The van der Waals surface area contributed by atoms with Crippen LogP contribution < -0.4 is 5.73 Å². The van der Waals surface area contributed by atoms with Gasteiger partial charge in [0.15, 0.2) is 0 Å². The van der Waals surface area contributed by atoms with E-state index in [1.165, 1.54) is 32.1 Å². The maximum absolute atomic E-state index is 6.70. The second-order valence-electron chi connectivity index (χ2n) is 6.55. The van der Waals surface area contributed by atoms with E-state index in [1.807, 2.05) is 0 Å². The molecule has 3 aliphatic rings. The predicted octanol–water partition coefficient (Wildman–Crippen LogP) is 2.90. The van der Waals surface area contributed by atoms with Crippen molar-refractivity contribution in [2.45, 2.75) is 61.0 Å². The van der Waals surface area contributed by atoms with Gasteiger partial charge >= 0.3 is 0 Å².